The van der Waals surface area contributed by atoms with E-state index in [0.717, 1.165) is 18.5 Å². The van der Waals surface area contributed by atoms with E-state index < -0.39 is 11.4 Å². The monoisotopic (exact) mass is 551 g/mol. The molecule has 0 bridgehead atoms. The number of fused-ring (bicyclic) bond motifs is 1. The van der Waals surface area contributed by atoms with Gasteiger partial charge in [0.2, 0.25) is 0 Å². The molecule has 0 unspecified atom stereocenters. The van der Waals surface area contributed by atoms with Crippen molar-refractivity contribution in [1.29, 1.82) is 0 Å². The number of nitrogens with one attached hydrogen (secondary N) is 3. The molecule has 0 aliphatic carbocycles. The lowest BCUT2D eigenvalue weighted by molar-refractivity contribution is 0.0187. The van der Waals surface area contributed by atoms with E-state index in [4.69, 9.17) is 14.2 Å². The molecule has 1 atom stereocenters. The van der Waals surface area contributed by atoms with Crippen LogP contribution in [0.2, 0.25) is 0 Å². The molecular formula is C29H34FN5O5. The van der Waals surface area contributed by atoms with E-state index in [1.54, 1.807) is 35.5 Å². The Hall–Kier alpha value is -4.28. The second kappa shape index (κ2) is 11.1. The van der Waals surface area contributed by atoms with Crippen molar-refractivity contribution in [3.8, 4) is 22.8 Å². The quantitative estimate of drug-likeness (QED) is 0.377. The molecule has 3 N–H and O–H groups in total. The van der Waals surface area contributed by atoms with Gasteiger partial charge in [-0.3, -0.25) is 9.78 Å². The molecule has 1 saturated heterocycles. The number of anilines is 2. The number of pyridine rings is 1. The number of H-pyrrole nitrogens is 1. The predicted octanol–water partition coefficient (Wildman–Crippen LogP) is 5.03. The van der Waals surface area contributed by atoms with Crippen molar-refractivity contribution in [1.82, 2.24) is 20.2 Å². The molecule has 10 nitrogen and oxygen atoms in total. The van der Waals surface area contributed by atoms with Crippen molar-refractivity contribution >= 4 is 23.4 Å². The number of carbonyl (C=O) groups is 2. The Morgan fingerprint density at radius 2 is 2.10 bits per heavy atom. The molecule has 2 amide bonds. The van der Waals surface area contributed by atoms with Gasteiger partial charge < -0.3 is 34.7 Å². The Balaban J connectivity index is 1.47. The number of hydrogen-bond donors (Lipinski definition) is 3. The number of methoxy groups -OCH3 is 1. The number of para-hydroxylation sites is 1. The number of ether oxygens (including phenoxy) is 3. The highest BCUT2D eigenvalue weighted by molar-refractivity contribution is 6.06. The highest BCUT2D eigenvalue weighted by Gasteiger charge is 2.33. The molecule has 212 valence electrons. The first kappa shape index (κ1) is 27.3. The van der Waals surface area contributed by atoms with Crippen molar-refractivity contribution in [2.24, 2.45) is 0 Å². The van der Waals surface area contributed by atoms with E-state index in [0.29, 0.717) is 53.5 Å². The number of aromatic nitrogens is 2. The van der Waals surface area contributed by atoms with E-state index >= 15 is 0 Å². The van der Waals surface area contributed by atoms with E-state index in [9.17, 15) is 14.0 Å². The molecule has 2 aromatic heterocycles. The van der Waals surface area contributed by atoms with Crippen LogP contribution in [0.1, 0.15) is 49.7 Å². The number of rotatable bonds is 7. The Morgan fingerprint density at radius 1 is 1.27 bits per heavy atom. The fourth-order valence-electron chi connectivity index (χ4n) is 5.11. The van der Waals surface area contributed by atoms with Crippen LogP contribution in [0.4, 0.5) is 20.6 Å². The lowest BCUT2D eigenvalue weighted by atomic mass is 10.0. The molecule has 3 aromatic rings. The number of halogens is 1. The number of hydrogen-bond acceptors (Lipinski definition) is 7. The van der Waals surface area contributed by atoms with Gasteiger partial charge in [0.05, 0.1) is 42.0 Å². The van der Waals surface area contributed by atoms with Crippen LogP contribution in [-0.2, 0) is 11.2 Å². The molecule has 0 spiro atoms. The number of amides is 2. The van der Waals surface area contributed by atoms with Crippen LogP contribution in [0, 0.1) is 5.82 Å². The minimum absolute atomic E-state index is 0.0364. The van der Waals surface area contributed by atoms with Crippen LogP contribution >= 0.6 is 0 Å². The van der Waals surface area contributed by atoms with Gasteiger partial charge >= 0.3 is 6.09 Å². The summed E-state index contributed by atoms with van der Waals surface area (Å²) in [5, 5.41) is 6.12. The highest BCUT2D eigenvalue weighted by atomic mass is 19.1. The summed E-state index contributed by atoms with van der Waals surface area (Å²) in [5.74, 6) is -0.250. The maximum absolute atomic E-state index is 14.5. The standard InChI is InChI=1S/C29H34FN5O5/c1-29(2,3)40-28(37)35-14-6-7-17(35)16-39-22-15-31-12-10-18(22)24-25(23-20(33-24)11-13-32-27(23)36)34-21-9-5-8-19(30)26(21)38-4/h5,8-10,12,15,17,33-34H,6-7,11,13-14,16H2,1-4H3,(H,32,36)/t17-/m1/s1. The highest BCUT2D eigenvalue weighted by Crippen LogP contribution is 2.42. The Labute approximate surface area is 232 Å². The van der Waals surface area contributed by atoms with Crippen LogP contribution in [0.25, 0.3) is 11.3 Å². The first-order valence-electron chi connectivity index (χ1n) is 13.4. The van der Waals surface area contributed by atoms with Gasteiger partial charge in [-0.15, -0.1) is 0 Å². The number of aromatic amines is 1. The number of nitrogens with zero attached hydrogens (tertiary/aromatic N) is 2. The Morgan fingerprint density at radius 3 is 2.88 bits per heavy atom. The molecule has 1 aromatic carbocycles. The Kier molecular flexibility index (Phi) is 7.55. The molecule has 0 saturated carbocycles. The molecule has 2 aliphatic heterocycles. The third-order valence-electron chi connectivity index (χ3n) is 6.89. The maximum atomic E-state index is 14.5. The number of carbonyl (C=O) groups excluding carboxylic acids is 2. The third kappa shape index (κ3) is 5.54. The largest absolute Gasteiger partial charge is 0.492 e. The molecule has 0 radical (unpaired) electrons. The molecule has 4 heterocycles. The average Bonchev–Trinajstić information content (AvgIpc) is 3.52. The number of benzene rings is 1. The van der Waals surface area contributed by atoms with E-state index in [1.165, 1.54) is 13.2 Å². The summed E-state index contributed by atoms with van der Waals surface area (Å²) in [6, 6.07) is 6.19. The zero-order valence-electron chi connectivity index (χ0n) is 23.1. The second-order valence-corrected chi connectivity index (χ2v) is 10.8. The summed E-state index contributed by atoms with van der Waals surface area (Å²) >= 11 is 0. The summed E-state index contributed by atoms with van der Waals surface area (Å²) in [5.41, 5.74) is 2.73. The summed E-state index contributed by atoms with van der Waals surface area (Å²) in [6.45, 7) is 6.88. The van der Waals surface area contributed by atoms with Crippen molar-refractivity contribution in [3.63, 3.8) is 0 Å². The van der Waals surface area contributed by atoms with Crippen LogP contribution in [0.5, 0.6) is 11.5 Å². The van der Waals surface area contributed by atoms with Crippen molar-refractivity contribution < 1.29 is 28.2 Å². The van der Waals surface area contributed by atoms with Gasteiger partial charge in [0, 0.05) is 37.0 Å². The number of likely N-dealkylation sites (tertiary alicyclic amines) is 1. The molecule has 2 aliphatic rings. The average molecular weight is 552 g/mol. The third-order valence-corrected chi connectivity index (χ3v) is 6.89. The first-order chi connectivity index (χ1) is 19.2. The second-order valence-electron chi connectivity index (χ2n) is 10.8. The summed E-state index contributed by atoms with van der Waals surface area (Å²) in [7, 11) is 1.39. The summed E-state index contributed by atoms with van der Waals surface area (Å²) < 4.78 is 31.6. The lowest BCUT2D eigenvalue weighted by Crippen LogP contribution is -2.42. The van der Waals surface area contributed by atoms with Crippen molar-refractivity contribution in [2.75, 3.05) is 32.1 Å². The van der Waals surface area contributed by atoms with Gasteiger partial charge in [0.25, 0.3) is 5.91 Å². The Bertz CT molecular complexity index is 1420. The minimum atomic E-state index is -0.589. The molecule has 11 heteroatoms. The van der Waals surface area contributed by atoms with Gasteiger partial charge in [-0.25, -0.2) is 9.18 Å². The molecular weight excluding hydrogens is 517 g/mol. The molecule has 5 rings (SSSR count). The topological polar surface area (TPSA) is 118 Å². The van der Waals surface area contributed by atoms with Crippen LogP contribution in [0.3, 0.4) is 0 Å². The first-order valence-corrected chi connectivity index (χ1v) is 13.4. The zero-order chi connectivity index (χ0) is 28.4. The van der Waals surface area contributed by atoms with Crippen LogP contribution in [0.15, 0.2) is 36.7 Å². The SMILES string of the molecule is COc1c(F)cccc1Nc1c(-c2ccncc2OC[C@H]2CCCN2C(=O)OC(C)(C)C)[nH]c2c1C(=O)NCC2. The van der Waals surface area contributed by atoms with Gasteiger partial charge in [-0.05, 0) is 51.8 Å². The summed E-state index contributed by atoms with van der Waals surface area (Å²) in [6.07, 6.45) is 5.13. The van der Waals surface area contributed by atoms with Gasteiger partial charge in [-0.1, -0.05) is 6.07 Å². The normalized spacial score (nSPS) is 16.8. The maximum Gasteiger partial charge on any atom is 0.410 e. The summed E-state index contributed by atoms with van der Waals surface area (Å²) in [4.78, 5) is 35.1. The van der Waals surface area contributed by atoms with Gasteiger partial charge in [0.15, 0.2) is 11.6 Å². The predicted molar refractivity (Wildman–Crippen MR) is 148 cm³/mol. The molecule has 1 fully saturated rings. The fraction of sp³-hybridized carbons (Fsp3) is 0.414. The van der Waals surface area contributed by atoms with Gasteiger partial charge in [-0.2, -0.15) is 0 Å². The smallest absolute Gasteiger partial charge is 0.410 e. The van der Waals surface area contributed by atoms with E-state index in [-0.39, 0.29) is 30.4 Å². The van der Waals surface area contributed by atoms with Crippen LogP contribution in [-0.4, -0.2) is 65.3 Å². The fourth-order valence-corrected chi connectivity index (χ4v) is 5.11. The van der Waals surface area contributed by atoms with Crippen molar-refractivity contribution in [3.05, 3.63) is 53.7 Å². The zero-order valence-corrected chi connectivity index (χ0v) is 23.1. The molecule has 40 heavy (non-hydrogen) atoms. The van der Waals surface area contributed by atoms with Crippen LogP contribution < -0.4 is 20.1 Å². The van der Waals surface area contributed by atoms with Gasteiger partial charge in [0.1, 0.15) is 18.0 Å². The van der Waals surface area contributed by atoms with E-state index in [1.807, 2.05) is 20.8 Å². The minimum Gasteiger partial charge on any atom is -0.492 e. The lowest BCUT2D eigenvalue weighted by Gasteiger charge is -2.28. The van der Waals surface area contributed by atoms with Crippen molar-refractivity contribution in [2.45, 2.75) is 51.7 Å². The van der Waals surface area contributed by atoms with E-state index in [2.05, 4.69) is 20.6 Å².